The van der Waals surface area contributed by atoms with Crippen molar-refractivity contribution in [3.63, 3.8) is 0 Å². The number of ether oxygens (including phenoxy) is 2. The van der Waals surface area contributed by atoms with Gasteiger partial charge in [0.25, 0.3) is 0 Å². The van der Waals surface area contributed by atoms with Gasteiger partial charge in [-0.25, -0.2) is 4.57 Å². The van der Waals surface area contributed by atoms with E-state index in [1.165, 1.54) is 70.6 Å². The molecule has 2 atom stereocenters. The Morgan fingerprint density at radius 3 is 1.63 bits per heavy atom. The van der Waals surface area contributed by atoms with Crippen LogP contribution in [0.5, 0.6) is 0 Å². The van der Waals surface area contributed by atoms with Gasteiger partial charge in [0.05, 0.1) is 12.7 Å². The summed E-state index contributed by atoms with van der Waals surface area (Å²) in [6.07, 6.45) is 36.0. The average molecular weight is 743 g/mol. The largest absolute Gasteiger partial charge is 0.469 e. The maximum absolute atomic E-state index is 12.4. The number of hydrogen-bond acceptors (Lipinski definition) is 7. The Kier molecular flexibility index (Phi) is 34.0. The van der Waals surface area contributed by atoms with Crippen LogP contribution < -0.4 is 0 Å². The number of aliphatic hydroxyl groups is 1. The Morgan fingerprint density at radius 2 is 1.12 bits per heavy atom. The first-order chi connectivity index (χ1) is 24.5. The Balaban J connectivity index is 4.00. The fourth-order valence-electron chi connectivity index (χ4n) is 5.68. The Bertz CT molecular complexity index is 957. The van der Waals surface area contributed by atoms with Crippen LogP contribution in [0.15, 0.2) is 36.5 Å². The normalized spacial score (nSPS) is 13.5. The van der Waals surface area contributed by atoms with Crippen molar-refractivity contribution < 1.29 is 43.0 Å². The summed E-state index contributed by atoms with van der Waals surface area (Å²) in [7, 11) is -4.77. The molecule has 0 rings (SSSR count). The smallest absolute Gasteiger partial charge is 0.462 e. The zero-order chi connectivity index (χ0) is 37.8. The SMILES string of the molecule is CC/C=C/C/C=C/C=C/C(O)CCCCCCCC(=O)OC[C@H](COP(=O)(O)O)OC(=O)CCCCCCCCCCCCCCCCC(C)C. The highest BCUT2D eigenvalue weighted by molar-refractivity contribution is 7.46. The summed E-state index contributed by atoms with van der Waals surface area (Å²) < 4.78 is 26.3. The zero-order valence-corrected chi connectivity index (χ0v) is 33.4. The van der Waals surface area contributed by atoms with Gasteiger partial charge in [-0.2, -0.15) is 0 Å². The van der Waals surface area contributed by atoms with Gasteiger partial charge < -0.3 is 24.4 Å². The topological polar surface area (TPSA) is 140 Å². The lowest BCUT2D eigenvalue weighted by atomic mass is 10.0. The van der Waals surface area contributed by atoms with E-state index in [2.05, 4.69) is 37.4 Å². The van der Waals surface area contributed by atoms with Crippen LogP contribution in [0.25, 0.3) is 0 Å². The van der Waals surface area contributed by atoms with Gasteiger partial charge >= 0.3 is 19.8 Å². The molecule has 0 heterocycles. The monoisotopic (exact) mass is 743 g/mol. The molecule has 298 valence electrons. The van der Waals surface area contributed by atoms with Gasteiger partial charge in [-0.1, -0.05) is 173 Å². The number of phosphoric acid groups is 1. The van der Waals surface area contributed by atoms with E-state index in [0.29, 0.717) is 19.3 Å². The molecule has 0 bridgehead atoms. The van der Waals surface area contributed by atoms with Gasteiger partial charge in [0.2, 0.25) is 0 Å². The third-order valence-electron chi connectivity index (χ3n) is 8.71. The third kappa shape index (κ3) is 39.3. The lowest BCUT2D eigenvalue weighted by Crippen LogP contribution is -2.29. The van der Waals surface area contributed by atoms with Gasteiger partial charge in [-0.15, -0.1) is 0 Å². The van der Waals surface area contributed by atoms with E-state index in [9.17, 15) is 19.3 Å². The van der Waals surface area contributed by atoms with Crippen LogP contribution in [0, 0.1) is 5.92 Å². The summed E-state index contributed by atoms with van der Waals surface area (Å²) >= 11 is 0. The van der Waals surface area contributed by atoms with Gasteiger partial charge in [-0.3, -0.25) is 14.1 Å². The summed E-state index contributed by atoms with van der Waals surface area (Å²) in [6, 6.07) is 0. The number of hydrogen-bond donors (Lipinski definition) is 3. The molecule has 0 aliphatic heterocycles. The number of aliphatic hydroxyl groups excluding tert-OH is 1. The Morgan fingerprint density at radius 1 is 0.627 bits per heavy atom. The number of carbonyl (C=O) groups is 2. The minimum absolute atomic E-state index is 0.194. The van der Waals surface area contributed by atoms with Gasteiger partial charge in [0.1, 0.15) is 6.61 Å². The van der Waals surface area contributed by atoms with Crippen LogP contribution in [0.4, 0.5) is 0 Å². The first-order valence-corrected chi connectivity index (χ1v) is 21.8. The van der Waals surface area contributed by atoms with Crippen LogP contribution in [0.2, 0.25) is 0 Å². The molecular formula is C41H75O9P. The molecule has 0 aromatic rings. The standard InChI is InChI=1S/C41H75O9P/c1-4-5-6-7-16-21-26-31-38(42)32-27-22-19-24-28-33-40(43)48-35-39(36-49-51(45,46)47)50-41(44)34-29-23-18-15-13-11-9-8-10-12-14-17-20-25-30-37(2)3/h5-6,16,21,26,31,37-39,42H,4,7-15,17-20,22-25,27-30,32-36H2,1-3H3,(H2,45,46,47)/b6-5+,21-16+,31-26+/t38?,39-/m1/s1. The van der Waals surface area contributed by atoms with E-state index in [4.69, 9.17) is 19.3 Å². The predicted molar refractivity (Wildman–Crippen MR) is 208 cm³/mol. The van der Waals surface area contributed by atoms with Gasteiger partial charge in [0, 0.05) is 12.8 Å². The molecule has 51 heavy (non-hydrogen) atoms. The van der Waals surface area contributed by atoms with Crippen LogP contribution in [0.3, 0.4) is 0 Å². The minimum atomic E-state index is -4.77. The summed E-state index contributed by atoms with van der Waals surface area (Å²) in [6.45, 7) is 5.81. The fraction of sp³-hybridized carbons (Fsp3) is 0.805. The number of phosphoric ester groups is 1. The number of rotatable bonds is 36. The molecule has 3 N–H and O–H groups in total. The summed E-state index contributed by atoms with van der Waals surface area (Å²) in [4.78, 5) is 42.8. The molecule has 0 aromatic heterocycles. The Hall–Kier alpha value is -1.77. The highest BCUT2D eigenvalue weighted by Gasteiger charge is 2.23. The average Bonchev–Trinajstić information content (AvgIpc) is 3.07. The number of esters is 2. The highest BCUT2D eigenvalue weighted by Crippen LogP contribution is 2.36. The van der Waals surface area contributed by atoms with Crippen molar-refractivity contribution in [1.82, 2.24) is 0 Å². The molecule has 0 saturated carbocycles. The first kappa shape index (κ1) is 49.2. The summed E-state index contributed by atoms with van der Waals surface area (Å²) in [5.41, 5.74) is 0. The minimum Gasteiger partial charge on any atom is -0.462 e. The maximum atomic E-state index is 12.4. The third-order valence-corrected chi connectivity index (χ3v) is 9.19. The van der Waals surface area contributed by atoms with Crippen LogP contribution in [-0.4, -0.2) is 52.3 Å². The van der Waals surface area contributed by atoms with E-state index >= 15 is 0 Å². The zero-order valence-electron chi connectivity index (χ0n) is 32.5. The molecule has 0 fully saturated rings. The first-order valence-electron chi connectivity index (χ1n) is 20.2. The fourth-order valence-corrected chi connectivity index (χ4v) is 6.04. The van der Waals surface area contributed by atoms with Gasteiger partial charge in [0.15, 0.2) is 6.10 Å². The Labute approximate surface area is 311 Å². The molecule has 0 aliphatic rings. The van der Waals surface area contributed by atoms with Crippen molar-refractivity contribution in [2.75, 3.05) is 13.2 Å². The molecule has 10 heteroatoms. The van der Waals surface area contributed by atoms with E-state index < -0.39 is 38.6 Å². The second-order valence-electron chi connectivity index (χ2n) is 14.3. The number of carbonyl (C=O) groups excluding carboxylic acids is 2. The second-order valence-corrected chi connectivity index (χ2v) is 15.5. The van der Waals surface area contributed by atoms with Crippen molar-refractivity contribution >= 4 is 19.8 Å². The maximum Gasteiger partial charge on any atom is 0.469 e. The van der Waals surface area contributed by atoms with Crippen LogP contribution >= 0.6 is 7.82 Å². The molecule has 0 radical (unpaired) electrons. The second kappa shape index (κ2) is 35.3. The van der Waals surface area contributed by atoms with Crippen molar-refractivity contribution in [3.05, 3.63) is 36.5 Å². The van der Waals surface area contributed by atoms with E-state index in [1.54, 1.807) is 6.08 Å². The molecule has 0 amide bonds. The molecule has 1 unspecified atom stereocenters. The van der Waals surface area contributed by atoms with E-state index in [-0.39, 0.29) is 19.4 Å². The molecule has 0 aromatic carbocycles. The van der Waals surface area contributed by atoms with Crippen LogP contribution in [0.1, 0.15) is 181 Å². The predicted octanol–water partition coefficient (Wildman–Crippen LogP) is 11.0. The molecular weight excluding hydrogens is 667 g/mol. The van der Waals surface area contributed by atoms with E-state index in [0.717, 1.165) is 63.7 Å². The molecule has 9 nitrogen and oxygen atoms in total. The van der Waals surface area contributed by atoms with Crippen molar-refractivity contribution in [3.8, 4) is 0 Å². The molecule has 0 aliphatic carbocycles. The van der Waals surface area contributed by atoms with Crippen molar-refractivity contribution in [1.29, 1.82) is 0 Å². The number of unbranched alkanes of at least 4 members (excludes halogenated alkanes) is 17. The lowest BCUT2D eigenvalue weighted by molar-refractivity contribution is -0.161. The van der Waals surface area contributed by atoms with E-state index in [1.807, 2.05) is 18.2 Å². The van der Waals surface area contributed by atoms with Crippen molar-refractivity contribution in [2.45, 2.75) is 193 Å². The van der Waals surface area contributed by atoms with Crippen LogP contribution in [-0.2, 0) is 28.2 Å². The summed E-state index contributed by atoms with van der Waals surface area (Å²) in [5, 5.41) is 10.1. The molecule has 0 saturated heterocycles. The van der Waals surface area contributed by atoms with Gasteiger partial charge in [-0.05, 0) is 38.0 Å². The molecule has 0 spiro atoms. The summed E-state index contributed by atoms with van der Waals surface area (Å²) in [5.74, 6) is -0.134. The highest BCUT2D eigenvalue weighted by atomic mass is 31.2. The lowest BCUT2D eigenvalue weighted by Gasteiger charge is -2.18. The number of allylic oxidation sites excluding steroid dienone is 5. The van der Waals surface area contributed by atoms with Crippen molar-refractivity contribution in [2.24, 2.45) is 5.92 Å². The quantitative estimate of drug-likeness (QED) is 0.0188.